The first-order valence-corrected chi connectivity index (χ1v) is 7.10. The molecule has 1 atom stereocenters. The molecule has 1 unspecified atom stereocenters. The lowest BCUT2D eigenvalue weighted by atomic mass is 10.0. The van der Waals surface area contributed by atoms with Crippen LogP contribution in [0.3, 0.4) is 0 Å². The molecule has 0 spiro atoms. The number of hydrogen-bond donors (Lipinski definition) is 0. The van der Waals surface area contributed by atoms with Crippen molar-refractivity contribution in [1.29, 1.82) is 0 Å². The van der Waals surface area contributed by atoms with Gasteiger partial charge in [0.05, 0.1) is 6.61 Å². The highest BCUT2D eigenvalue weighted by Crippen LogP contribution is 2.18. The number of likely N-dealkylation sites (N-methyl/N-ethyl adjacent to an activating group) is 1. The number of nitrogens with zero attached hydrogens (tertiary/aromatic N) is 1. The summed E-state index contributed by atoms with van der Waals surface area (Å²) in [6.07, 6.45) is 0.162. The molecule has 1 aromatic rings. The summed E-state index contributed by atoms with van der Waals surface area (Å²) in [6, 6.07) is 7.84. The highest BCUT2D eigenvalue weighted by Gasteiger charge is 2.25. The van der Waals surface area contributed by atoms with Gasteiger partial charge in [0.25, 0.3) is 0 Å². The van der Waals surface area contributed by atoms with Gasteiger partial charge in [0, 0.05) is 24.0 Å². The first-order valence-electron chi connectivity index (χ1n) is 6.30. The van der Waals surface area contributed by atoms with E-state index in [-0.39, 0.29) is 11.9 Å². The Bertz CT molecular complexity index is 422. The van der Waals surface area contributed by atoms with E-state index in [9.17, 15) is 4.79 Å². The fourth-order valence-corrected chi connectivity index (χ4v) is 2.55. The van der Waals surface area contributed by atoms with Gasteiger partial charge < -0.3 is 4.74 Å². The second-order valence-corrected chi connectivity index (χ2v) is 5.34. The molecule has 0 N–H and O–H groups in total. The number of carbonyl (C=O) groups excluding carboxylic acids is 1. The van der Waals surface area contributed by atoms with Gasteiger partial charge in [0.2, 0.25) is 0 Å². The van der Waals surface area contributed by atoms with Gasteiger partial charge in [-0.05, 0) is 18.2 Å². The minimum Gasteiger partial charge on any atom is -0.368 e. The Morgan fingerprint density at radius 2 is 2.28 bits per heavy atom. The fraction of sp³-hybridized carbons (Fsp3) is 0.500. The number of hydrogen-bond acceptors (Lipinski definition) is 3. The van der Waals surface area contributed by atoms with Crippen molar-refractivity contribution in [3.05, 3.63) is 34.3 Å². The normalized spacial score (nSPS) is 20.9. The Labute approximate surface area is 116 Å². The van der Waals surface area contributed by atoms with Crippen molar-refractivity contribution in [3.8, 4) is 0 Å². The molecule has 1 aromatic carbocycles. The number of Topliss-reactive ketones (excluding diaryl/α,β-unsaturated/α-hetero) is 1. The van der Waals surface area contributed by atoms with Gasteiger partial charge in [0.15, 0.2) is 5.78 Å². The maximum Gasteiger partial charge on any atom is 0.167 e. The summed E-state index contributed by atoms with van der Waals surface area (Å²) in [7, 11) is 0. The van der Waals surface area contributed by atoms with Crippen LogP contribution in [0, 0.1) is 0 Å². The lowest BCUT2D eigenvalue weighted by molar-refractivity contribution is -0.135. The molecule has 2 rings (SSSR count). The molecule has 98 valence electrons. The van der Waals surface area contributed by atoms with Crippen LogP contribution in [0.15, 0.2) is 28.7 Å². The number of rotatable bonds is 4. The second-order valence-electron chi connectivity index (χ2n) is 4.49. The molecular formula is C14H18BrNO2. The van der Waals surface area contributed by atoms with Gasteiger partial charge in [-0.1, -0.05) is 41.1 Å². The summed E-state index contributed by atoms with van der Waals surface area (Å²) < 4.78 is 6.56. The van der Waals surface area contributed by atoms with Crippen LogP contribution < -0.4 is 0 Å². The van der Waals surface area contributed by atoms with E-state index in [0.717, 1.165) is 29.7 Å². The molecule has 1 saturated heterocycles. The van der Waals surface area contributed by atoms with Crippen molar-refractivity contribution in [2.45, 2.75) is 19.4 Å². The van der Waals surface area contributed by atoms with Crippen molar-refractivity contribution in [1.82, 2.24) is 4.90 Å². The van der Waals surface area contributed by atoms with Gasteiger partial charge in [-0.2, -0.15) is 0 Å². The van der Waals surface area contributed by atoms with E-state index in [1.807, 2.05) is 24.3 Å². The zero-order chi connectivity index (χ0) is 13.0. The summed E-state index contributed by atoms with van der Waals surface area (Å²) in [6.45, 7) is 5.39. The average molecular weight is 312 g/mol. The number of benzene rings is 1. The lowest BCUT2D eigenvalue weighted by Crippen LogP contribution is -2.46. The van der Waals surface area contributed by atoms with E-state index in [1.54, 1.807) is 0 Å². The van der Waals surface area contributed by atoms with Gasteiger partial charge >= 0.3 is 0 Å². The summed E-state index contributed by atoms with van der Waals surface area (Å²) in [4.78, 5) is 14.5. The number of ketones is 1. The van der Waals surface area contributed by atoms with Crippen molar-refractivity contribution in [3.63, 3.8) is 0 Å². The number of carbonyl (C=O) groups is 1. The molecule has 1 fully saturated rings. The average Bonchev–Trinajstić information content (AvgIpc) is 2.41. The molecule has 4 heteroatoms. The number of morpholine rings is 1. The first kappa shape index (κ1) is 13.7. The summed E-state index contributed by atoms with van der Waals surface area (Å²) in [5.74, 6) is 0.167. The topological polar surface area (TPSA) is 29.5 Å². The Hall–Kier alpha value is -0.710. The third kappa shape index (κ3) is 3.40. The molecule has 0 saturated carbocycles. The molecular weight excluding hydrogens is 294 g/mol. The van der Waals surface area contributed by atoms with Crippen molar-refractivity contribution in [2.75, 3.05) is 26.2 Å². The van der Waals surface area contributed by atoms with Crippen LogP contribution in [0.2, 0.25) is 0 Å². The third-order valence-electron chi connectivity index (χ3n) is 3.28. The molecule has 0 radical (unpaired) electrons. The highest BCUT2D eigenvalue weighted by molar-refractivity contribution is 9.10. The lowest BCUT2D eigenvalue weighted by Gasteiger charge is -2.31. The van der Waals surface area contributed by atoms with E-state index >= 15 is 0 Å². The van der Waals surface area contributed by atoms with Crippen molar-refractivity contribution in [2.24, 2.45) is 0 Å². The second kappa shape index (κ2) is 6.45. The molecule has 0 aromatic heterocycles. The van der Waals surface area contributed by atoms with Crippen molar-refractivity contribution >= 4 is 21.7 Å². The predicted molar refractivity (Wildman–Crippen MR) is 74.7 cm³/mol. The molecule has 0 aliphatic carbocycles. The minimum absolute atomic E-state index is 0.167. The predicted octanol–water partition coefficient (Wildman–Crippen LogP) is 2.28. The monoisotopic (exact) mass is 311 g/mol. The third-order valence-corrected chi connectivity index (χ3v) is 4.05. The Morgan fingerprint density at radius 3 is 3.00 bits per heavy atom. The first-order chi connectivity index (χ1) is 8.70. The van der Waals surface area contributed by atoms with E-state index < -0.39 is 0 Å². The van der Waals surface area contributed by atoms with Crippen LogP contribution in [0.1, 0.15) is 12.5 Å². The van der Waals surface area contributed by atoms with Crippen LogP contribution >= 0.6 is 15.9 Å². The highest BCUT2D eigenvalue weighted by atomic mass is 79.9. The van der Waals surface area contributed by atoms with E-state index in [0.29, 0.717) is 13.0 Å². The zero-order valence-corrected chi connectivity index (χ0v) is 12.1. The van der Waals surface area contributed by atoms with E-state index in [2.05, 4.69) is 27.8 Å². The Morgan fingerprint density at radius 1 is 1.50 bits per heavy atom. The molecule has 0 bridgehead atoms. The number of halogens is 1. The van der Waals surface area contributed by atoms with Gasteiger partial charge in [-0.3, -0.25) is 9.69 Å². The molecule has 1 heterocycles. The zero-order valence-electron chi connectivity index (χ0n) is 10.6. The quantitative estimate of drug-likeness (QED) is 0.854. The van der Waals surface area contributed by atoms with Crippen LogP contribution in [-0.4, -0.2) is 43.0 Å². The van der Waals surface area contributed by atoms with Gasteiger partial charge in [-0.15, -0.1) is 0 Å². The van der Waals surface area contributed by atoms with Gasteiger partial charge in [-0.25, -0.2) is 0 Å². The maximum atomic E-state index is 12.2. The molecule has 0 amide bonds. The summed E-state index contributed by atoms with van der Waals surface area (Å²) in [5.41, 5.74) is 1.03. The van der Waals surface area contributed by atoms with Crippen LogP contribution in [0.5, 0.6) is 0 Å². The fourth-order valence-electron chi connectivity index (χ4n) is 2.13. The molecule has 3 nitrogen and oxygen atoms in total. The van der Waals surface area contributed by atoms with Crippen LogP contribution in [-0.2, 0) is 16.0 Å². The summed E-state index contributed by atoms with van der Waals surface area (Å²) in [5, 5.41) is 0. The Balaban J connectivity index is 1.97. The van der Waals surface area contributed by atoms with Crippen LogP contribution in [0.25, 0.3) is 0 Å². The summed E-state index contributed by atoms with van der Waals surface area (Å²) >= 11 is 3.47. The number of ether oxygens (including phenoxy) is 1. The molecule has 18 heavy (non-hydrogen) atoms. The maximum absolute atomic E-state index is 12.2. The SMILES string of the molecule is CCN1CCOC(C(=O)Cc2ccccc2Br)C1. The van der Waals surface area contributed by atoms with E-state index in [4.69, 9.17) is 4.74 Å². The van der Waals surface area contributed by atoms with Crippen molar-refractivity contribution < 1.29 is 9.53 Å². The minimum atomic E-state index is -0.272. The largest absolute Gasteiger partial charge is 0.368 e. The van der Waals surface area contributed by atoms with E-state index in [1.165, 1.54) is 0 Å². The van der Waals surface area contributed by atoms with Gasteiger partial charge in [0.1, 0.15) is 6.10 Å². The molecule has 1 aliphatic heterocycles. The molecule has 1 aliphatic rings. The smallest absolute Gasteiger partial charge is 0.167 e. The van der Waals surface area contributed by atoms with Crippen LogP contribution in [0.4, 0.5) is 0 Å². The standard InChI is InChI=1S/C14H18BrNO2/c1-2-16-7-8-18-14(10-16)13(17)9-11-5-3-4-6-12(11)15/h3-6,14H,2,7-10H2,1H3. The Kier molecular flexibility index (Phi) is 4.92.